The quantitative estimate of drug-likeness (QED) is 0.537. The van der Waals surface area contributed by atoms with Crippen LogP contribution in [0.15, 0.2) is 53.3 Å². The number of nitro groups is 1. The van der Waals surface area contributed by atoms with Crippen molar-refractivity contribution >= 4 is 16.5 Å². The van der Waals surface area contributed by atoms with Gasteiger partial charge in [0.1, 0.15) is 11.8 Å². The Morgan fingerprint density at radius 2 is 1.83 bits per heavy atom. The normalized spacial score (nSPS) is 10.4. The molecule has 6 heteroatoms. The summed E-state index contributed by atoms with van der Waals surface area (Å²) in [5.41, 5.74) is 1.01. The highest BCUT2D eigenvalue weighted by atomic mass is 16.6. The number of non-ortho nitro benzene ring substituents is 1. The molecule has 1 heterocycles. The maximum absolute atomic E-state index is 12.5. The standard InChI is InChI=1S/C17H11N3O3/c1-19-15(10-18)16(11-5-3-2-4-6-11)13-8-7-12(20(22)23)9-14(13)17(19)21/h2-9H,1H3. The van der Waals surface area contributed by atoms with Gasteiger partial charge in [0.25, 0.3) is 11.2 Å². The summed E-state index contributed by atoms with van der Waals surface area (Å²) < 4.78 is 1.23. The first-order chi connectivity index (χ1) is 11.0. The molecular formula is C17H11N3O3. The van der Waals surface area contributed by atoms with E-state index in [2.05, 4.69) is 6.07 Å². The summed E-state index contributed by atoms with van der Waals surface area (Å²) in [5, 5.41) is 21.2. The van der Waals surface area contributed by atoms with Gasteiger partial charge < -0.3 is 4.57 Å². The molecule has 0 N–H and O–H groups in total. The van der Waals surface area contributed by atoms with Crippen LogP contribution in [0.2, 0.25) is 0 Å². The summed E-state index contributed by atoms with van der Waals surface area (Å²) in [7, 11) is 1.49. The Balaban J connectivity index is 2.52. The van der Waals surface area contributed by atoms with Crippen LogP contribution in [0.25, 0.3) is 21.9 Å². The average Bonchev–Trinajstić information content (AvgIpc) is 2.58. The van der Waals surface area contributed by atoms with E-state index in [4.69, 9.17) is 0 Å². The van der Waals surface area contributed by atoms with Gasteiger partial charge in [0.05, 0.1) is 10.3 Å². The maximum Gasteiger partial charge on any atom is 0.270 e. The van der Waals surface area contributed by atoms with E-state index in [9.17, 15) is 20.2 Å². The van der Waals surface area contributed by atoms with Gasteiger partial charge in [-0.15, -0.1) is 0 Å². The van der Waals surface area contributed by atoms with Gasteiger partial charge in [-0.2, -0.15) is 5.26 Å². The molecule has 0 radical (unpaired) electrons. The number of benzene rings is 2. The third-order valence-corrected chi connectivity index (χ3v) is 3.76. The van der Waals surface area contributed by atoms with E-state index in [1.807, 2.05) is 30.3 Å². The Bertz CT molecular complexity index is 1030. The van der Waals surface area contributed by atoms with Gasteiger partial charge in [-0.25, -0.2) is 0 Å². The zero-order valence-electron chi connectivity index (χ0n) is 12.2. The lowest BCUT2D eigenvalue weighted by atomic mass is 9.97. The van der Waals surface area contributed by atoms with E-state index in [1.165, 1.54) is 29.8 Å². The van der Waals surface area contributed by atoms with Crippen LogP contribution in [0.4, 0.5) is 5.69 Å². The van der Waals surface area contributed by atoms with E-state index in [0.717, 1.165) is 5.56 Å². The number of pyridine rings is 1. The molecule has 0 saturated heterocycles. The topological polar surface area (TPSA) is 88.9 Å². The molecule has 0 aliphatic carbocycles. The molecule has 0 aliphatic heterocycles. The lowest BCUT2D eigenvalue weighted by molar-refractivity contribution is -0.384. The molecule has 0 spiro atoms. The fourth-order valence-electron chi connectivity index (χ4n) is 2.65. The summed E-state index contributed by atoms with van der Waals surface area (Å²) in [6.07, 6.45) is 0. The monoisotopic (exact) mass is 305 g/mol. The first-order valence-electron chi connectivity index (χ1n) is 6.81. The van der Waals surface area contributed by atoms with Crippen molar-refractivity contribution in [3.8, 4) is 17.2 Å². The fraction of sp³-hybridized carbons (Fsp3) is 0.0588. The van der Waals surface area contributed by atoms with Gasteiger partial charge in [0.15, 0.2) is 0 Å². The van der Waals surface area contributed by atoms with Crippen molar-refractivity contribution in [2.24, 2.45) is 7.05 Å². The summed E-state index contributed by atoms with van der Waals surface area (Å²) in [5.74, 6) is 0. The second kappa shape index (κ2) is 5.39. The largest absolute Gasteiger partial charge is 0.302 e. The Morgan fingerprint density at radius 1 is 1.13 bits per heavy atom. The molecule has 0 saturated carbocycles. The maximum atomic E-state index is 12.5. The number of rotatable bonds is 2. The number of nitro benzene ring substituents is 1. The zero-order valence-corrected chi connectivity index (χ0v) is 12.2. The van der Waals surface area contributed by atoms with E-state index in [0.29, 0.717) is 10.9 Å². The minimum atomic E-state index is -0.542. The minimum Gasteiger partial charge on any atom is -0.302 e. The first kappa shape index (κ1) is 14.5. The van der Waals surface area contributed by atoms with Crippen molar-refractivity contribution in [1.29, 1.82) is 5.26 Å². The summed E-state index contributed by atoms with van der Waals surface area (Å²) in [4.78, 5) is 22.9. The predicted octanol–water partition coefficient (Wildman–Crippen LogP) is 2.99. The summed E-state index contributed by atoms with van der Waals surface area (Å²) >= 11 is 0. The van der Waals surface area contributed by atoms with Crippen molar-refractivity contribution in [3.63, 3.8) is 0 Å². The third-order valence-electron chi connectivity index (χ3n) is 3.76. The molecule has 0 fully saturated rings. The molecule has 1 aromatic heterocycles. The van der Waals surface area contributed by atoms with Gasteiger partial charge in [-0.05, 0) is 17.0 Å². The van der Waals surface area contributed by atoms with Crippen molar-refractivity contribution in [3.05, 3.63) is 74.7 Å². The highest BCUT2D eigenvalue weighted by molar-refractivity contribution is 5.99. The third kappa shape index (κ3) is 2.24. The van der Waals surface area contributed by atoms with Crippen molar-refractivity contribution in [2.45, 2.75) is 0 Å². The Labute approximate surface area is 131 Å². The van der Waals surface area contributed by atoms with Crippen LogP contribution < -0.4 is 5.56 Å². The van der Waals surface area contributed by atoms with E-state index in [-0.39, 0.29) is 16.8 Å². The lowest BCUT2D eigenvalue weighted by Gasteiger charge is -2.12. The second-order valence-electron chi connectivity index (χ2n) is 5.05. The van der Waals surface area contributed by atoms with Crippen LogP contribution in [-0.4, -0.2) is 9.49 Å². The number of nitriles is 1. The lowest BCUT2D eigenvalue weighted by Crippen LogP contribution is -2.20. The summed E-state index contributed by atoms with van der Waals surface area (Å²) in [6.45, 7) is 0. The van der Waals surface area contributed by atoms with Gasteiger partial charge in [0.2, 0.25) is 0 Å². The number of hydrogen-bond acceptors (Lipinski definition) is 4. The van der Waals surface area contributed by atoms with Crippen LogP contribution in [0.3, 0.4) is 0 Å². The molecule has 0 atom stereocenters. The molecule has 0 bridgehead atoms. The van der Waals surface area contributed by atoms with Crippen LogP contribution >= 0.6 is 0 Å². The van der Waals surface area contributed by atoms with Crippen molar-refractivity contribution in [1.82, 2.24) is 4.57 Å². The van der Waals surface area contributed by atoms with Crippen molar-refractivity contribution < 1.29 is 4.92 Å². The highest BCUT2D eigenvalue weighted by Crippen LogP contribution is 2.31. The predicted molar refractivity (Wildman–Crippen MR) is 86.0 cm³/mol. The van der Waals surface area contributed by atoms with Crippen LogP contribution in [-0.2, 0) is 7.05 Å². The smallest absolute Gasteiger partial charge is 0.270 e. The minimum absolute atomic E-state index is 0.154. The molecule has 112 valence electrons. The van der Waals surface area contributed by atoms with Crippen molar-refractivity contribution in [2.75, 3.05) is 0 Å². The van der Waals surface area contributed by atoms with Gasteiger partial charge in [0, 0.05) is 24.7 Å². The molecular weight excluding hydrogens is 294 g/mol. The van der Waals surface area contributed by atoms with E-state index in [1.54, 1.807) is 0 Å². The Hall–Kier alpha value is -3.46. The molecule has 2 aromatic carbocycles. The molecule has 3 aromatic rings. The average molecular weight is 305 g/mol. The van der Waals surface area contributed by atoms with Gasteiger partial charge >= 0.3 is 0 Å². The van der Waals surface area contributed by atoms with Gasteiger partial charge in [-0.3, -0.25) is 14.9 Å². The Kier molecular flexibility index (Phi) is 3.39. The zero-order chi connectivity index (χ0) is 16.6. The number of aromatic nitrogens is 1. The Morgan fingerprint density at radius 3 is 2.43 bits per heavy atom. The van der Waals surface area contributed by atoms with Gasteiger partial charge in [-0.1, -0.05) is 30.3 Å². The highest BCUT2D eigenvalue weighted by Gasteiger charge is 2.18. The number of fused-ring (bicyclic) bond motifs is 1. The summed E-state index contributed by atoms with van der Waals surface area (Å²) in [6, 6.07) is 15.4. The fourth-order valence-corrected chi connectivity index (χ4v) is 2.65. The SMILES string of the molecule is Cn1c(C#N)c(-c2ccccc2)c2ccc([N+](=O)[O-])cc2c1=O. The number of hydrogen-bond donors (Lipinski definition) is 0. The van der Waals surface area contributed by atoms with Crippen LogP contribution in [0, 0.1) is 21.4 Å². The molecule has 23 heavy (non-hydrogen) atoms. The second-order valence-corrected chi connectivity index (χ2v) is 5.05. The molecule has 0 amide bonds. The van der Waals surface area contributed by atoms with Crippen LogP contribution in [0.5, 0.6) is 0 Å². The van der Waals surface area contributed by atoms with Crippen LogP contribution in [0.1, 0.15) is 5.69 Å². The molecule has 0 unspecified atom stereocenters. The molecule has 0 aliphatic rings. The molecule has 6 nitrogen and oxygen atoms in total. The van der Waals surface area contributed by atoms with E-state index >= 15 is 0 Å². The molecule has 3 rings (SSSR count). The van der Waals surface area contributed by atoms with E-state index < -0.39 is 10.5 Å². The first-order valence-corrected chi connectivity index (χ1v) is 6.81. The number of nitrogens with zero attached hydrogens (tertiary/aromatic N) is 3.